The normalized spacial score (nSPS) is 11.4. The molecular weight excluding hydrogens is 408 g/mol. The first-order valence-corrected chi connectivity index (χ1v) is 8.11. The maximum Gasteiger partial charge on any atom is 0.416 e. The number of hydrogen-bond acceptors (Lipinski definition) is 5. The third-order valence-electron chi connectivity index (χ3n) is 3.44. The van der Waals surface area contributed by atoms with Crippen LogP contribution in [0.3, 0.4) is 0 Å². The Bertz CT molecular complexity index is 972. The Morgan fingerprint density at radius 2 is 1.85 bits per heavy atom. The van der Waals surface area contributed by atoms with Crippen molar-refractivity contribution < 1.29 is 27.2 Å². The van der Waals surface area contributed by atoms with Gasteiger partial charge in [-0.1, -0.05) is 40.5 Å². The molecule has 0 aliphatic rings. The molecule has 0 N–H and O–H groups in total. The van der Waals surface area contributed by atoms with Crippen molar-refractivity contribution in [1.82, 2.24) is 10.1 Å². The monoisotopic (exact) mass is 416 g/mol. The molecule has 27 heavy (non-hydrogen) atoms. The molecule has 0 fully saturated rings. The first kappa shape index (κ1) is 19.2. The van der Waals surface area contributed by atoms with Gasteiger partial charge < -0.3 is 9.26 Å². The van der Waals surface area contributed by atoms with Gasteiger partial charge in [0.2, 0.25) is 0 Å². The summed E-state index contributed by atoms with van der Waals surface area (Å²) in [4.78, 5) is 15.8. The molecule has 140 valence electrons. The summed E-state index contributed by atoms with van der Waals surface area (Å²) in [6, 6.07) is 7.19. The second kappa shape index (κ2) is 7.58. The quantitative estimate of drug-likeness (QED) is 0.419. The minimum atomic E-state index is -4.42. The minimum absolute atomic E-state index is 0.00774. The van der Waals surface area contributed by atoms with Crippen LogP contribution in [0.5, 0.6) is 0 Å². The van der Waals surface area contributed by atoms with Crippen LogP contribution in [-0.2, 0) is 17.5 Å². The summed E-state index contributed by atoms with van der Waals surface area (Å²) in [7, 11) is 0. The van der Waals surface area contributed by atoms with Crippen molar-refractivity contribution in [2.75, 3.05) is 0 Å². The molecule has 2 heterocycles. The zero-order valence-corrected chi connectivity index (χ0v) is 14.8. The third kappa shape index (κ3) is 4.58. The lowest BCUT2D eigenvalue weighted by molar-refractivity contribution is -0.137. The van der Waals surface area contributed by atoms with Crippen molar-refractivity contribution >= 4 is 29.2 Å². The molecule has 5 nitrogen and oxygen atoms in total. The molecule has 0 aliphatic carbocycles. The summed E-state index contributed by atoms with van der Waals surface area (Å²) in [6.07, 6.45) is -3.13. The van der Waals surface area contributed by atoms with E-state index in [1.54, 1.807) is 0 Å². The molecule has 2 aromatic heterocycles. The van der Waals surface area contributed by atoms with E-state index >= 15 is 0 Å². The van der Waals surface area contributed by atoms with Crippen molar-refractivity contribution in [2.45, 2.75) is 12.8 Å². The number of esters is 1. The molecular formula is C17H9Cl2F3N2O3. The Morgan fingerprint density at radius 1 is 1.15 bits per heavy atom. The zero-order valence-electron chi connectivity index (χ0n) is 13.3. The van der Waals surface area contributed by atoms with E-state index in [1.807, 2.05) is 0 Å². The van der Waals surface area contributed by atoms with Gasteiger partial charge in [-0.05, 0) is 18.2 Å². The fraction of sp³-hybridized carbons (Fsp3) is 0.118. The van der Waals surface area contributed by atoms with Gasteiger partial charge in [-0.25, -0.2) is 9.78 Å². The highest BCUT2D eigenvalue weighted by molar-refractivity contribution is 6.34. The van der Waals surface area contributed by atoms with Gasteiger partial charge in [0.15, 0.2) is 12.4 Å². The van der Waals surface area contributed by atoms with E-state index in [-0.39, 0.29) is 28.1 Å². The van der Waals surface area contributed by atoms with Crippen LogP contribution in [0, 0.1) is 0 Å². The number of nitrogens with zero attached hydrogens (tertiary/aromatic N) is 2. The van der Waals surface area contributed by atoms with Crippen LogP contribution >= 0.6 is 23.2 Å². The molecule has 0 unspecified atom stereocenters. The highest BCUT2D eigenvalue weighted by Gasteiger charge is 2.30. The maximum absolute atomic E-state index is 12.6. The molecule has 0 bridgehead atoms. The third-order valence-corrected chi connectivity index (χ3v) is 3.95. The fourth-order valence-corrected chi connectivity index (χ4v) is 2.47. The first-order valence-electron chi connectivity index (χ1n) is 7.35. The van der Waals surface area contributed by atoms with Crippen LogP contribution in [0.4, 0.5) is 13.2 Å². The summed E-state index contributed by atoms with van der Waals surface area (Å²) in [5, 5.41) is 3.91. The number of aromatic nitrogens is 2. The Labute approximate surface area is 160 Å². The number of alkyl halides is 3. The Balaban J connectivity index is 1.67. The first-order chi connectivity index (χ1) is 12.7. The van der Waals surface area contributed by atoms with Crippen molar-refractivity contribution in [2.24, 2.45) is 0 Å². The number of carbonyl (C=O) groups excluding carboxylic acids is 1. The Morgan fingerprint density at radius 3 is 2.52 bits per heavy atom. The molecule has 0 spiro atoms. The number of rotatable bonds is 4. The summed E-state index contributed by atoms with van der Waals surface area (Å²) in [6.45, 7) is -0.255. The minimum Gasteiger partial charge on any atom is -0.454 e. The molecule has 0 radical (unpaired) electrons. The van der Waals surface area contributed by atoms with E-state index in [9.17, 15) is 18.0 Å². The largest absolute Gasteiger partial charge is 0.454 e. The highest BCUT2D eigenvalue weighted by Crippen LogP contribution is 2.31. The van der Waals surface area contributed by atoms with Crippen molar-refractivity contribution in [3.63, 3.8) is 0 Å². The number of ether oxygens (including phenoxy) is 1. The molecule has 10 heteroatoms. The lowest BCUT2D eigenvalue weighted by Crippen LogP contribution is -2.06. The van der Waals surface area contributed by atoms with Crippen LogP contribution < -0.4 is 0 Å². The van der Waals surface area contributed by atoms with E-state index in [0.717, 1.165) is 12.1 Å². The topological polar surface area (TPSA) is 65.2 Å². The van der Waals surface area contributed by atoms with Crippen LogP contribution in [-0.4, -0.2) is 16.1 Å². The second-order valence-corrected chi connectivity index (χ2v) is 6.12. The molecule has 0 atom stereocenters. The lowest BCUT2D eigenvalue weighted by Gasteiger charge is -2.06. The second-order valence-electron chi connectivity index (χ2n) is 5.32. The molecule has 0 amide bonds. The molecule has 0 saturated heterocycles. The van der Waals surface area contributed by atoms with Gasteiger partial charge in [0, 0.05) is 17.8 Å². The van der Waals surface area contributed by atoms with Gasteiger partial charge in [0.1, 0.15) is 10.8 Å². The van der Waals surface area contributed by atoms with E-state index in [1.165, 1.54) is 30.5 Å². The van der Waals surface area contributed by atoms with Gasteiger partial charge in [-0.2, -0.15) is 13.2 Å². The average molecular weight is 417 g/mol. The summed E-state index contributed by atoms with van der Waals surface area (Å²) < 4.78 is 47.9. The van der Waals surface area contributed by atoms with Gasteiger partial charge in [0.05, 0.1) is 16.1 Å². The van der Waals surface area contributed by atoms with E-state index in [4.69, 9.17) is 32.5 Å². The molecule has 3 aromatic rings. The zero-order chi connectivity index (χ0) is 19.6. The summed E-state index contributed by atoms with van der Waals surface area (Å²) in [5.74, 6) is -0.563. The standard InChI is InChI=1S/C17H9Cl2F3N2O3/c18-11-5-13(15(19)23-7-11)16(25)26-8-12-6-14(24-27-12)9-1-3-10(4-2-9)17(20,21)22/h1-7H,8H2. The van der Waals surface area contributed by atoms with E-state index in [2.05, 4.69) is 10.1 Å². The van der Waals surface area contributed by atoms with Crippen LogP contribution in [0.15, 0.2) is 47.1 Å². The SMILES string of the molecule is O=C(OCc1cc(-c2ccc(C(F)(F)F)cc2)no1)c1cc(Cl)cnc1Cl. The number of benzene rings is 1. The fourth-order valence-electron chi connectivity index (χ4n) is 2.13. The lowest BCUT2D eigenvalue weighted by atomic mass is 10.1. The summed E-state index contributed by atoms with van der Waals surface area (Å²) in [5.41, 5.74) is -0.0498. The van der Waals surface area contributed by atoms with Gasteiger partial charge in [-0.3, -0.25) is 0 Å². The number of hydrogen-bond donors (Lipinski definition) is 0. The molecule has 1 aromatic carbocycles. The van der Waals surface area contributed by atoms with Crippen molar-refractivity contribution in [3.05, 3.63) is 69.7 Å². The van der Waals surface area contributed by atoms with Crippen molar-refractivity contribution in [3.8, 4) is 11.3 Å². The van der Waals surface area contributed by atoms with Crippen LogP contribution in [0.2, 0.25) is 10.2 Å². The summed E-state index contributed by atoms with van der Waals surface area (Å²) >= 11 is 11.6. The van der Waals surface area contributed by atoms with Crippen molar-refractivity contribution in [1.29, 1.82) is 0 Å². The molecule has 0 aliphatic heterocycles. The number of pyridine rings is 1. The Hall–Kier alpha value is -2.58. The highest BCUT2D eigenvalue weighted by atomic mass is 35.5. The van der Waals surface area contributed by atoms with Crippen LogP contribution in [0.25, 0.3) is 11.3 Å². The Kier molecular flexibility index (Phi) is 5.38. The van der Waals surface area contributed by atoms with E-state index in [0.29, 0.717) is 11.3 Å². The van der Waals surface area contributed by atoms with E-state index < -0.39 is 17.7 Å². The predicted octanol–water partition coefficient (Wildman–Crippen LogP) is 5.42. The van der Waals surface area contributed by atoms with Gasteiger partial charge in [0.25, 0.3) is 0 Å². The van der Waals surface area contributed by atoms with Gasteiger partial charge >= 0.3 is 12.1 Å². The number of carbonyl (C=O) groups is 1. The smallest absolute Gasteiger partial charge is 0.416 e. The predicted molar refractivity (Wildman–Crippen MR) is 90.3 cm³/mol. The average Bonchev–Trinajstić information content (AvgIpc) is 3.10. The van der Waals surface area contributed by atoms with Crippen LogP contribution in [0.1, 0.15) is 21.7 Å². The molecule has 0 saturated carbocycles. The number of halogens is 5. The van der Waals surface area contributed by atoms with Gasteiger partial charge in [-0.15, -0.1) is 0 Å². The maximum atomic E-state index is 12.6. The molecule has 3 rings (SSSR count).